The Balaban J connectivity index is 2.08. The summed E-state index contributed by atoms with van der Waals surface area (Å²) in [5.74, 6) is 1.05. The van der Waals surface area contributed by atoms with Gasteiger partial charge in [0.1, 0.15) is 5.82 Å². The zero-order valence-electron chi connectivity index (χ0n) is 15.9. The fourth-order valence-corrected chi connectivity index (χ4v) is 3.09. The van der Waals surface area contributed by atoms with Gasteiger partial charge < -0.3 is 19.9 Å². The second kappa shape index (κ2) is 7.82. The third-order valence-corrected chi connectivity index (χ3v) is 4.85. The lowest BCUT2D eigenvalue weighted by atomic mass is 10.0. The molecule has 8 heteroatoms. The van der Waals surface area contributed by atoms with Crippen molar-refractivity contribution >= 4 is 23.2 Å². The number of nitrogens with two attached hydrogens (primary N) is 1. The average Bonchev–Trinajstić information content (AvgIpc) is 3.09. The van der Waals surface area contributed by atoms with Gasteiger partial charge in [-0.2, -0.15) is 5.10 Å². The molecular weight excluding hydrogens is 382 g/mol. The van der Waals surface area contributed by atoms with E-state index < -0.39 is 0 Å². The molecule has 0 aliphatic carbocycles. The molecule has 0 fully saturated rings. The lowest BCUT2D eigenvalue weighted by Crippen LogP contribution is -2.09. The van der Waals surface area contributed by atoms with E-state index in [-0.39, 0.29) is 17.2 Å². The molecule has 7 nitrogen and oxygen atoms in total. The van der Waals surface area contributed by atoms with Gasteiger partial charge in [-0.25, -0.2) is 4.68 Å². The van der Waals surface area contributed by atoms with Crippen LogP contribution in [0.15, 0.2) is 36.5 Å². The van der Waals surface area contributed by atoms with Gasteiger partial charge in [0.15, 0.2) is 17.3 Å². The summed E-state index contributed by atoms with van der Waals surface area (Å²) < 4.78 is 17.4. The Hall–Kier alpha value is -3.19. The number of methoxy groups -OCH3 is 3. The highest BCUT2D eigenvalue weighted by Gasteiger charge is 2.22. The molecule has 28 heavy (non-hydrogen) atoms. The van der Waals surface area contributed by atoms with Crippen LogP contribution in [0.4, 0.5) is 5.82 Å². The number of halogens is 1. The second-order valence-electron chi connectivity index (χ2n) is 5.98. The summed E-state index contributed by atoms with van der Waals surface area (Å²) in [6.07, 6.45) is 1.43. The third-order valence-electron chi connectivity index (χ3n) is 4.45. The van der Waals surface area contributed by atoms with E-state index in [9.17, 15) is 4.79 Å². The zero-order valence-corrected chi connectivity index (χ0v) is 16.7. The minimum absolute atomic E-state index is 0.212. The number of benzene rings is 2. The van der Waals surface area contributed by atoms with Gasteiger partial charge in [0, 0.05) is 10.6 Å². The van der Waals surface area contributed by atoms with Crippen molar-refractivity contribution in [1.29, 1.82) is 0 Å². The third kappa shape index (κ3) is 3.25. The highest BCUT2D eigenvalue weighted by molar-refractivity contribution is 6.31. The van der Waals surface area contributed by atoms with Crippen molar-refractivity contribution < 1.29 is 19.0 Å². The number of carbonyl (C=O) groups excluding carboxylic acids is 1. The van der Waals surface area contributed by atoms with Crippen LogP contribution >= 0.6 is 11.6 Å². The smallest absolute Gasteiger partial charge is 0.203 e. The molecule has 1 aromatic heterocycles. The molecule has 0 amide bonds. The molecule has 3 aromatic rings. The van der Waals surface area contributed by atoms with E-state index in [1.54, 1.807) is 24.3 Å². The van der Waals surface area contributed by atoms with Crippen molar-refractivity contribution in [3.8, 4) is 22.9 Å². The minimum atomic E-state index is -0.317. The largest absolute Gasteiger partial charge is 0.493 e. The summed E-state index contributed by atoms with van der Waals surface area (Å²) >= 11 is 6.19. The van der Waals surface area contributed by atoms with E-state index in [4.69, 9.17) is 31.5 Å². The van der Waals surface area contributed by atoms with Crippen molar-refractivity contribution in [2.75, 3.05) is 27.1 Å². The Morgan fingerprint density at radius 2 is 1.75 bits per heavy atom. The number of ether oxygens (including phenoxy) is 3. The number of aromatic nitrogens is 2. The van der Waals surface area contributed by atoms with Crippen molar-refractivity contribution in [2.24, 2.45) is 0 Å². The summed E-state index contributed by atoms with van der Waals surface area (Å²) in [4.78, 5) is 13.1. The van der Waals surface area contributed by atoms with Gasteiger partial charge in [0.2, 0.25) is 5.75 Å². The number of hydrogen-bond donors (Lipinski definition) is 1. The molecule has 0 saturated carbocycles. The second-order valence-corrected chi connectivity index (χ2v) is 6.39. The van der Waals surface area contributed by atoms with Gasteiger partial charge >= 0.3 is 0 Å². The van der Waals surface area contributed by atoms with Crippen molar-refractivity contribution in [1.82, 2.24) is 9.78 Å². The predicted molar refractivity (Wildman–Crippen MR) is 107 cm³/mol. The number of carbonyl (C=O) groups is 1. The van der Waals surface area contributed by atoms with Gasteiger partial charge in [-0.05, 0) is 36.8 Å². The molecule has 2 N–H and O–H groups in total. The first-order chi connectivity index (χ1) is 13.4. The molecule has 146 valence electrons. The van der Waals surface area contributed by atoms with Crippen molar-refractivity contribution in [3.63, 3.8) is 0 Å². The van der Waals surface area contributed by atoms with Crippen LogP contribution in [-0.2, 0) is 0 Å². The summed E-state index contributed by atoms with van der Waals surface area (Å²) in [6.45, 7) is 1.86. The van der Waals surface area contributed by atoms with Crippen LogP contribution in [0, 0.1) is 6.92 Å². The molecule has 1 heterocycles. The minimum Gasteiger partial charge on any atom is -0.493 e. The average molecular weight is 402 g/mol. The molecular formula is C20H20ClN3O4. The van der Waals surface area contributed by atoms with Crippen molar-refractivity contribution in [3.05, 3.63) is 58.2 Å². The van der Waals surface area contributed by atoms with Gasteiger partial charge in [-0.1, -0.05) is 17.7 Å². The van der Waals surface area contributed by atoms with Crippen LogP contribution in [0.5, 0.6) is 17.2 Å². The van der Waals surface area contributed by atoms with Gasteiger partial charge in [0.05, 0.1) is 38.8 Å². The summed E-state index contributed by atoms with van der Waals surface area (Å²) in [5.41, 5.74) is 8.35. The fraction of sp³-hybridized carbons (Fsp3) is 0.200. The first-order valence-corrected chi connectivity index (χ1v) is 8.74. The standard InChI is InChI=1S/C20H20ClN3O4/c1-11-14(21)6-5-7-15(11)24-20(22)13(10-23-24)18(25)12-8-16(26-2)19(28-4)17(9-12)27-3/h5-10H,22H2,1-4H3. The first-order valence-electron chi connectivity index (χ1n) is 8.36. The molecule has 0 bridgehead atoms. The van der Waals surface area contributed by atoms with Gasteiger partial charge in [0.25, 0.3) is 0 Å². The fourth-order valence-electron chi connectivity index (χ4n) is 2.92. The Bertz CT molecular complexity index is 1020. The highest BCUT2D eigenvalue weighted by Crippen LogP contribution is 2.39. The van der Waals surface area contributed by atoms with Crippen LogP contribution < -0.4 is 19.9 Å². The molecule has 0 spiro atoms. The highest BCUT2D eigenvalue weighted by atomic mass is 35.5. The molecule has 0 aliphatic heterocycles. The van der Waals surface area contributed by atoms with Crippen LogP contribution in [0.3, 0.4) is 0 Å². The normalized spacial score (nSPS) is 10.6. The molecule has 0 atom stereocenters. The maximum absolute atomic E-state index is 13.1. The molecule has 0 saturated heterocycles. The van der Waals surface area contributed by atoms with Crippen LogP contribution in [-0.4, -0.2) is 36.9 Å². The molecule has 3 rings (SSSR count). The number of hydrogen-bond acceptors (Lipinski definition) is 6. The lowest BCUT2D eigenvalue weighted by molar-refractivity contribution is 0.103. The van der Waals surface area contributed by atoms with Gasteiger partial charge in [-0.15, -0.1) is 0 Å². The maximum Gasteiger partial charge on any atom is 0.203 e. The summed E-state index contributed by atoms with van der Waals surface area (Å²) in [7, 11) is 4.47. The van der Waals surface area contributed by atoms with Gasteiger partial charge in [-0.3, -0.25) is 4.79 Å². The predicted octanol–water partition coefficient (Wildman–Crippen LogP) is 3.67. The van der Waals surface area contributed by atoms with E-state index in [0.29, 0.717) is 33.5 Å². The Morgan fingerprint density at radius 3 is 2.32 bits per heavy atom. The summed E-state index contributed by atoms with van der Waals surface area (Å²) in [5, 5.41) is 4.87. The van der Waals surface area contributed by atoms with Crippen LogP contribution in [0.1, 0.15) is 21.5 Å². The molecule has 0 radical (unpaired) electrons. The molecule has 2 aromatic carbocycles. The van der Waals surface area contributed by atoms with E-state index in [2.05, 4.69) is 5.10 Å². The number of nitrogen functional groups attached to an aromatic ring is 1. The monoisotopic (exact) mass is 401 g/mol. The molecule has 0 unspecified atom stereocenters. The SMILES string of the molecule is COc1cc(C(=O)c2cnn(-c3cccc(Cl)c3C)c2N)cc(OC)c1OC. The Morgan fingerprint density at radius 1 is 1.11 bits per heavy atom. The van der Waals surface area contributed by atoms with E-state index in [1.807, 2.05) is 13.0 Å². The lowest BCUT2D eigenvalue weighted by Gasteiger charge is -2.13. The summed E-state index contributed by atoms with van der Waals surface area (Å²) in [6, 6.07) is 8.56. The maximum atomic E-state index is 13.1. The first kappa shape index (κ1) is 19.6. The quantitative estimate of drug-likeness (QED) is 0.634. The number of nitrogens with zero attached hydrogens (tertiary/aromatic N) is 2. The Labute approximate surface area is 167 Å². The van der Waals surface area contributed by atoms with Crippen LogP contribution in [0.25, 0.3) is 5.69 Å². The topological polar surface area (TPSA) is 88.6 Å². The Kier molecular flexibility index (Phi) is 5.46. The van der Waals surface area contributed by atoms with Crippen LogP contribution in [0.2, 0.25) is 5.02 Å². The molecule has 0 aliphatic rings. The van der Waals surface area contributed by atoms with E-state index >= 15 is 0 Å². The van der Waals surface area contributed by atoms with E-state index in [1.165, 1.54) is 32.2 Å². The van der Waals surface area contributed by atoms with E-state index in [0.717, 1.165) is 5.56 Å². The zero-order chi connectivity index (χ0) is 20.4. The van der Waals surface area contributed by atoms with Crippen molar-refractivity contribution in [2.45, 2.75) is 6.92 Å². The number of ketones is 1. The number of anilines is 1. The number of rotatable bonds is 6.